The lowest BCUT2D eigenvalue weighted by Crippen LogP contribution is -2.18. The van der Waals surface area contributed by atoms with Gasteiger partial charge in [-0.05, 0) is 18.2 Å². The van der Waals surface area contributed by atoms with Crippen molar-refractivity contribution in [1.82, 2.24) is 5.43 Å². The maximum absolute atomic E-state index is 11.9. The van der Waals surface area contributed by atoms with Gasteiger partial charge < -0.3 is 0 Å². The van der Waals surface area contributed by atoms with Crippen molar-refractivity contribution in [3.63, 3.8) is 0 Å². The van der Waals surface area contributed by atoms with E-state index in [9.17, 15) is 14.9 Å². The number of halogens is 2. The molecule has 2 aromatic rings. The first kappa shape index (κ1) is 15.9. The lowest BCUT2D eigenvalue weighted by molar-refractivity contribution is -0.384. The number of non-ortho nitro benzene ring substituents is 1. The normalized spacial score (nSPS) is 10.6. The van der Waals surface area contributed by atoms with E-state index in [1.54, 1.807) is 24.3 Å². The topological polar surface area (TPSA) is 84.6 Å². The van der Waals surface area contributed by atoms with Crippen molar-refractivity contribution in [2.75, 3.05) is 0 Å². The Morgan fingerprint density at radius 1 is 1.18 bits per heavy atom. The van der Waals surface area contributed by atoms with Gasteiger partial charge in [0.2, 0.25) is 0 Å². The third-order valence-electron chi connectivity index (χ3n) is 2.68. The zero-order chi connectivity index (χ0) is 16.1. The van der Waals surface area contributed by atoms with Gasteiger partial charge in [0.25, 0.3) is 11.6 Å². The van der Waals surface area contributed by atoms with Crippen molar-refractivity contribution in [2.24, 2.45) is 5.10 Å². The third kappa shape index (κ3) is 3.81. The van der Waals surface area contributed by atoms with Crippen LogP contribution in [0, 0.1) is 10.1 Å². The Kier molecular flexibility index (Phi) is 5.08. The van der Waals surface area contributed by atoms with E-state index < -0.39 is 10.8 Å². The first-order chi connectivity index (χ1) is 10.5. The Bertz CT molecular complexity index is 763. The van der Waals surface area contributed by atoms with E-state index >= 15 is 0 Å². The molecular formula is C14H9Cl2N3O3. The van der Waals surface area contributed by atoms with Gasteiger partial charge in [-0.3, -0.25) is 14.9 Å². The molecule has 0 bridgehead atoms. The van der Waals surface area contributed by atoms with E-state index in [1.807, 2.05) is 0 Å². The number of nitro benzene ring substituents is 1. The number of carbonyl (C=O) groups is 1. The molecule has 0 spiro atoms. The van der Waals surface area contributed by atoms with E-state index in [0.29, 0.717) is 10.6 Å². The molecular weight excluding hydrogens is 329 g/mol. The Morgan fingerprint density at radius 3 is 2.59 bits per heavy atom. The van der Waals surface area contributed by atoms with Crippen LogP contribution in [0.25, 0.3) is 0 Å². The van der Waals surface area contributed by atoms with E-state index in [4.69, 9.17) is 23.2 Å². The van der Waals surface area contributed by atoms with Crippen LogP contribution in [0.4, 0.5) is 5.69 Å². The molecule has 0 saturated heterocycles. The summed E-state index contributed by atoms with van der Waals surface area (Å²) in [4.78, 5) is 22.0. The highest BCUT2D eigenvalue weighted by atomic mass is 35.5. The third-order valence-corrected chi connectivity index (χ3v) is 3.35. The number of nitrogens with zero attached hydrogens (tertiary/aromatic N) is 2. The molecule has 6 nitrogen and oxygen atoms in total. The fourth-order valence-corrected chi connectivity index (χ4v) is 2.00. The average molecular weight is 338 g/mol. The van der Waals surface area contributed by atoms with Crippen molar-refractivity contribution >= 4 is 41.0 Å². The molecule has 2 aromatic carbocycles. The minimum Gasteiger partial charge on any atom is -0.267 e. The van der Waals surface area contributed by atoms with Crippen LogP contribution in [0.1, 0.15) is 15.9 Å². The molecule has 0 aliphatic heterocycles. The van der Waals surface area contributed by atoms with Gasteiger partial charge in [0.15, 0.2) is 0 Å². The van der Waals surface area contributed by atoms with E-state index in [1.165, 1.54) is 24.4 Å². The molecule has 112 valence electrons. The zero-order valence-corrected chi connectivity index (χ0v) is 12.5. The summed E-state index contributed by atoms with van der Waals surface area (Å²) in [6.45, 7) is 0. The predicted molar refractivity (Wildman–Crippen MR) is 84.6 cm³/mol. The second kappa shape index (κ2) is 7.02. The number of amides is 1. The number of nitro groups is 1. The maximum Gasteiger partial charge on any atom is 0.272 e. The lowest BCUT2D eigenvalue weighted by Gasteiger charge is -2.02. The molecule has 0 saturated carbocycles. The van der Waals surface area contributed by atoms with Gasteiger partial charge in [0.1, 0.15) is 0 Å². The number of hydrogen-bond acceptors (Lipinski definition) is 4. The number of carbonyl (C=O) groups excluding carboxylic acids is 1. The highest BCUT2D eigenvalue weighted by molar-refractivity contribution is 6.34. The van der Waals surface area contributed by atoms with Crippen LogP contribution in [-0.4, -0.2) is 17.0 Å². The molecule has 0 aromatic heterocycles. The summed E-state index contributed by atoms with van der Waals surface area (Å²) in [5.74, 6) is -0.497. The fourth-order valence-electron chi connectivity index (χ4n) is 1.61. The van der Waals surface area contributed by atoms with E-state index in [-0.39, 0.29) is 16.3 Å². The van der Waals surface area contributed by atoms with Crippen LogP contribution in [0.2, 0.25) is 10.0 Å². The lowest BCUT2D eigenvalue weighted by atomic mass is 10.2. The molecule has 0 heterocycles. The fraction of sp³-hybridized carbons (Fsp3) is 0. The molecule has 0 fully saturated rings. The Labute approximate surface area is 135 Å². The molecule has 0 radical (unpaired) electrons. The number of benzene rings is 2. The summed E-state index contributed by atoms with van der Waals surface area (Å²) in [6.07, 6.45) is 1.23. The smallest absolute Gasteiger partial charge is 0.267 e. The standard InChI is InChI=1S/C14H9Cl2N3O3/c15-12-6-5-10(19(21)22)7-9(12)8-17-18-14(20)11-3-1-2-4-13(11)16/h1-8H,(H,18,20)/b17-8+. The first-order valence-corrected chi connectivity index (χ1v) is 6.76. The number of hydrazone groups is 1. The van der Waals surface area contributed by atoms with Crippen LogP contribution in [-0.2, 0) is 0 Å². The SMILES string of the molecule is O=C(N/N=C/c1cc([N+](=O)[O-])ccc1Cl)c1ccccc1Cl. The van der Waals surface area contributed by atoms with Crippen molar-refractivity contribution in [2.45, 2.75) is 0 Å². The molecule has 22 heavy (non-hydrogen) atoms. The van der Waals surface area contributed by atoms with Gasteiger partial charge >= 0.3 is 0 Å². The number of rotatable bonds is 4. The first-order valence-electron chi connectivity index (χ1n) is 6.01. The second-order valence-electron chi connectivity index (χ2n) is 4.14. The second-order valence-corrected chi connectivity index (χ2v) is 4.96. The van der Waals surface area contributed by atoms with Gasteiger partial charge in [0.05, 0.1) is 21.7 Å². The van der Waals surface area contributed by atoms with Gasteiger partial charge in [0, 0.05) is 22.7 Å². The molecule has 0 atom stereocenters. The molecule has 1 N–H and O–H groups in total. The van der Waals surface area contributed by atoms with Crippen LogP contribution < -0.4 is 5.43 Å². The number of nitrogens with one attached hydrogen (secondary N) is 1. The van der Waals surface area contributed by atoms with Crippen LogP contribution >= 0.6 is 23.2 Å². The van der Waals surface area contributed by atoms with Gasteiger partial charge in [-0.2, -0.15) is 5.10 Å². The van der Waals surface area contributed by atoms with E-state index in [0.717, 1.165) is 0 Å². The van der Waals surface area contributed by atoms with Gasteiger partial charge in [-0.15, -0.1) is 0 Å². The molecule has 2 rings (SSSR count). The predicted octanol–water partition coefficient (Wildman–Crippen LogP) is 3.67. The summed E-state index contributed by atoms with van der Waals surface area (Å²) in [6, 6.07) is 10.4. The quantitative estimate of drug-likeness (QED) is 0.524. The Balaban J connectivity index is 2.13. The number of hydrogen-bond donors (Lipinski definition) is 1. The Morgan fingerprint density at radius 2 is 1.91 bits per heavy atom. The van der Waals surface area contributed by atoms with Crippen LogP contribution in [0.15, 0.2) is 47.6 Å². The minimum absolute atomic E-state index is 0.122. The van der Waals surface area contributed by atoms with Gasteiger partial charge in [-0.25, -0.2) is 5.43 Å². The molecule has 8 heteroatoms. The van der Waals surface area contributed by atoms with Crippen LogP contribution in [0.3, 0.4) is 0 Å². The van der Waals surface area contributed by atoms with Gasteiger partial charge in [-0.1, -0.05) is 35.3 Å². The molecule has 0 aliphatic carbocycles. The maximum atomic E-state index is 11.9. The monoisotopic (exact) mass is 337 g/mol. The van der Waals surface area contributed by atoms with Crippen LogP contribution in [0.5, 0.6) is 0 Å². The van der Waals surface area contributed by atoms with Crippen molar-refractivity contribution in [3.05, 3.63) is 73.8 Å². The van der Waals surface area contributed by atoms with Crippen molar-refractivity contribution in [3.8, 4) is 0 Å². The summed E-state index contributed by atoms with van der Waals surface area (Å²) < 4.78 is 0. The highest BCUT2D eigenvalue weighted by Gasteiger charge is 2.10. The zero-order valence-electron chi connectivity index (χ0n) is 11.0. The summed E-state index contributed by atoms with van der Waals surface area (Å²) >= 11 is 11.8. The summed E-state index contributed by atoms with van der Waals surface area (Å²) in [5, 5.41) is 15.0. The minimum atomic E-state index is -0.546. The summed E-state index contributed by atoms with van der Waals surface area (Å²) in [5.41, 5.74) is 2.74. The average Bonchev–Trinajstić information content (AvgIpc) is 2.49. The summed E-state index contributed by atoms with van der Waals surface area (Å²) in [7, 11) is 0. The molecule has 1 amide bonds. The largest absolute Gasteiger partial charge is 0.272 e. The van der Waals surface area contributed by atoms with Crippen molar-refractivity contribution < 1.29 is 9.72 Å². The Hall–Kier alpha value is -2.44. The van der Waals surface area contributed by atoms with E-state index in [2.05, 4.69) is 10.5 Å². The highest BCUT2D eigenvalue weighted by Crippen LogP contribution is 2.20. The molecule has 0 aliphatic rings. The van der Waals surface area contributed by atoms with Crippen molar-refractivity contribution in [1.29, 1.82) is 0 Å². The molecule has 0 unspecified atom stereocenters.